The van der Waals surface area contributed by atoms with Crippen LogP contribution in [0.25, 0.3) is 10.3 Å². The van der Waals surface area contributed by atoms with E-state index in [1.165, 1.54) is 0 Å². The van der Waals surface area contributed by atoms with E-state index in [-0.39, 0.29) is 16.9 Å². The summed E-state index contributed by atoms with van der Waals surface area (Å²) < 4.78 is 38.5. The lowest BCUT2D eigenvalue weighted by atomic mass is 9.88. The standard InChI is InChI=1S/C29H29ClN4O5S/c1-29(24-6-5-18(30)14-31-24)38-22-4-2-3-20(26(22)39-29)17-7-10-33(11-8-17)16-25-32-27-21(13-23(40-27)28(35)36)34(25)15-19-9-12-37-19/h2-6,13-14,17,19H,7-12,15-16H2,1H3,(H,35,36)/i16D2. The minimum Gasteiger partial charge on any atom is -0.477 e. The molecule has 0 radical (unpaired) electrons. The van der Waals surface area contributed by atoms with Crippen LogP contribution in [0.15, 0.2) is 42.6 Å². The van der Waals surface area contributed by atoms with E-state index in [1.807, 2.05) is 28.5 Å². The van der Waals surface area contributed by atoms with E-state index in [0.29, 0.717) is 64.6 Å². The number of piperidine rings is 1. The maximum absolute atomic E-state index is 11.6. The van der Waals surface area contributed by atoms with Gasteiger partial charge in [0.1, 0.15) is 21.2 Å². The normalized spacial score (nSPS) is 24.1. The van der Waals surface area contributed by atoms with E-state index in [9.17, 15) is 12.6 Å². The van der Waals surface area contributed by atoms with Gasteiger partial charge in [-0.05, 0) is 62.5 Å². The molecular formula is C29H29ClN4O5S. The molecule has 2 atom stereocenters. The molecular weight excluding hydrogens is 552 g/mol. The third-order valence-electron chi connectivity index (χ3n) is 7.83. The molecule has 40 heavy (non-hydrogen) atoms. The minimum atomic E-state index is -1.85. The first-order valence-corrected chi connectivity index (χ1v) is 14.6. The van der Waals surface area contributed by atoms with Crippen molar-refractivity contribution >= 4 is 39.3 Å². The van der Waals surface area contributed by atoms with Gasteiger partial charge in [-0.15, -0.1) is 11.3 Å². The smallest absolute Gasteiger partial charge is 0.346 e. The number of nitrogens with zero attached hydrogens (tertiary/aromatic N) is 4. The number of pyridine rings is 1. The van der Waals surface area contributed by atoms with Gasteiger partial charge in [0.2, 0.25) is 0 Å². The SMILES string of the molecule is [2H]C([2H])(c1nc2sc(C(=O)O)cc2n1CC1CCO1)N1CCC(c2cccc3c2OC(C)(c2ccc(Cl)cn2)O3)CC1. The van der Waals surface area contributed by atoms with Crippen LogP contribution in [0.3, 0.4) is 0 Å². The second-order valence-corrected chi connectivity index (χ2v) is 12.0. The van der Waals surface area contributed by atoms with Crippen molar-refractivity contribution in [1.29, 1.82) is 0 Å². The summed E-state index contributed by atoms with van der Waals surface area (Å²) in [6, 6.07) is 11.0. The van der Waals surface area contributed by atoms with Crippen LogP contribution in [0.2, 0.25) is 5.02 Å². The number of carboxylic acid groups (broad SMARTS) is 1. The zero-order chi connectivity index (χ0) is 29.2. The first kappa shape index (κ1) is 23.5. The summed E-state index contributed by atoms with van der Waals surface area (Å²) in [5, 5.41) is 10.0. The summed E-state index contributed by atoms with van der Waals surface area (Å²) in [6.07, 6.45) is 3.86. The van der Waals surface area contributed by atoms with Gasteiger partial charge in [0.05, 0.1) is 32.4 Å². The molecule has 0 bridgehead atoms. The Bertz CT molecular complexity index is 1670. The fourth-order valence-corrected chi connectivity index (χ4v) is 6.57. The molecule has 2 saturated heterocycles. The Morgan fingerprint density at radius 3 is 2.77 bits per heavy atom. The molecule has 4 aromatic rings. The summed E-state index contributed by atoms with van der Waals surface area (Å²) >= 11 is 7.10. The summed E-state index contributed by atoms with van der Waals surface area (Å²) in [5.41, 5.74) is 2.29. The van der Waals surface area contributed by atoms with Crippen molar-refractivity contribution in [3.8, 4) is 11.5 Å². The Morgan fingerprint density at radius 1 is 1.25 bits per heavy atom. The zero-order valence-electron chi connectivity index (χ0n) is 23.8. The van der Waals surface area contributed by atoms with E-state index >= 15 is 0 Å². The number of aromatic carboxylic acids is 1. The second-order valence-electron chi connectivity index (χ2n) is 10.5. The molecule has 1 aromatic carbocycles. The van der Waals surface area contributed by atoms with Crippen molar-refractivity contribution in [2.75, 3.05) is 19.7 Å². The maximum atomic E-state index is 11.6. The molecule has 3 aliphatic rings. The zero-order valence-corrected chi connectivity index (χ0v) is 23.4. The number of benzene rings is 1. The molecule has 3 aliphatic heterocycles. The number of hydrogen-bond donors (Lipinski definition) is 1. The number of aromatic nitrogens is 3. The van der Waals surface area contributed by atoms with Crippen molar-refractivity contribution in [2.24, 2.45) is 0 Å². The monoisotopic (exact) mass is 582 g/mol. The lowest BCUT2D eigenvalue weighted by molar-refractivity contribution is -0.0722. The summed E-state index contributed by atoms with van der Waals surface area (Å²) in [6.45, 7) is 2.12. The van der Waals surface area contributed by atoms with Crippen LogP contribution in [0.1, 0.15) is 61.6 Å². The van der Waals surface area contributed by atoms with Crippen LogP contribution in [0.4, 0.5) is 0 Å². The number of halogens is 1. The summed E-state index contributed by atoms with van der Waals surface area (Å²) in [5.74, 6) is -0.286. The van der Waals surface area contributed by atoms with Gasteiger partial charge in [-0.2, -0.15) is 0 Å². The van der Waals surface area contributed by atoms with Gasteiger partial charge >= 0.3 is 5.97 Å². The van der Waals surface area contributed by atoms with E-state index < -0.39 is 18.3 Å². The second kappa shape index (κ2) is 10.0. The van der Waals surface area contributed by atoms with E-state index in [2.05, 4.69) is 16.0 Å². The molecule has 7 rings (SSSR count). The third kappa shape index (κ3) is 4.62. The fraction of sp³-hybridized carbons (Fsp3) is 0.414. The molecule has 9 nitrogen and oxygen atoms in total. The predicted molar refractivity (Wildman–Crippen MR) is 150 cm³/mol. The number of para-hydroxylation sites is 1. The molecule has 0 spiro atoms. The Balaban J connectivity index is 1.11. The first-order valence-electron chi connectivity index (χ1n) is 14.4. The summed E-state index contributed by atoms with van der Waals surface area (Å²) in [4.78, 5) is 23.2. The van der Waals surface area contributed by atoms with Gasteiger partial charge in [-0.25, -0.2) is 9.78 Å². The van der Waals surface area contributed by atoms with Crippen molar-refractivity contribution < 1.29 is 26.9 Å². The highest BCUT2D eigenvalue weighted by molar-refractivity contribution is 7.20. The highest BCUT2D eigenvalue weighted by atomic mass is 35.5. The molecule has 0 aliphatic carbocycles. The average Bonchev–Trinajstić information content (AvgIpc) is 3.62. The highest BCUT2D eigenvalue weighted by Gasteiger charge is 2.42. The molecule has 0 saturated carbocycles. The van der Waals surface area contributed by atoms with Gasteiger partial charge in [-0.1, -0.05) is 23.7 Å². The van der Waals surface area contributed by atoms with Crippen LogP contribution in [0.5, 0.6) is 11.5 Å². The van der Waals surface area contributed by atoms with Gasteiger partial charge in [-0.3, -0.25) is 9.88 Å². The Kier molecular flexibility index (Phi) is 5.89. The number of hydrogen-bond acceptors (Lipinski definition) is 8. The Labute approximate surface area is 243 Å². The Morgan fingerprint density at radius 2 is 2.08 bits per heavy atom. The quantitative estimate of drug-likeness (QED) is 0.298. The van der Waals surface area contributed by atoms with Gasteiger partial charge in [0.25, 0.3) is 5.79 Å². The van der Waals surface area contributed by atoms with Gasteiger partial charge in [0.15, 0.2) is 11.5 Å². The number of imidazole rings is 1. The number of fused-ring (bicyclic) bond motifs is 2. The van der Waals surface area contributed by atoms with Crippen molar-refractivity contribution in [2.45, 2.75) is 57.0 Å². The Hall–Kier alpha value is -3.18. The van der Waals surface area contributed by atoms with Crippen LogP contribution in [0, 0.1) is 0 Å². The number of ether oxygens (including phenoxy) is 3. The first-order chi connectivity index (χ1) is 20.1. The fourth-order valence-electron chi connectivity index (χ4n) is 5.59. The number of carboxylic acids is 1. The van der Waals surface area contributed by atoms with E-state index in [1.54, 1.807) is 24.4 Å². The van der Waals surface area contributed by atoms with Gasteiger partial charge in [0, 0.05) is 25.3 Å². The minimum absolute atomic E-state index is 0.0352. The largest absolute Gasteiger partial charge is 0.477 e. The average molecular weight is 583 g/mol. The van der Waals surface area contributed by atoms with E-state index in [0.717, 1.165) is 36.2 Å². The number of rotatable bonds is 7. The van der Waals surface area contributed by atoms with Crippen molar-refractivity contribution in [3.05, 3.63) is 69.6 Å². The van der Waals surface area contributed by atoms with Crippen molar-refractivity contribution in [1.82, 2.24) is 19.4 Å². The molecule has 2 unspecified atom stereocenters. The maximum Gasteiger partial charge on any atom is 0.346 e. The topological polar surface area (TPSA) is 98.9 Å². The van der Waals surface area contributed by atoms with Crippen LogP contribution < -0.4 is 9.47 Å². The number of likely N-dealkylation sites (tertiary alicyclic amines) is 1. The van der Waals surface area contributed by atoms with E-state index in [4.69, 9.17) is 25.8 Å². The third-order valence-corrected chi connectivity index (χ3v) is 9.06. The highest BCUT2D eigenvalue weighted by Crippen LogP contribution is 2.49. The van der Waals surface area contributed by atoms with Crippen LogP contribution in [-0.4, -0.2) is 56.3 Å². The lowest BCUT2D eigenvalue weighted by Crippen LogP contribution is -2.35. The predicted octanol–water partition coefficient (Wildman–Crippen LogP) is 5.66. The molecule has 3 aromatic heterocycles. The molecule has 0 amide bonds. The molecule has 11 heteroatoms. The lowest BCUT2D eigenvalue weighted by Gasteiger charge is -2.33. The molecule has 2 fully saturated rings. The summed E-state index contributed by atoms with van der Waals surface area (Å²) in [7, 11) is 0. The van der Waals surface area contributed by atoms with Crippen LogP contribution >= 0.6 is 22.9 Å². The molecule has 6 heterocycles. The number of carbonyl (C=O) groups is 1. The van der Waals surface area contributed by atoms with Crippen LogP contribution in [-0.2, 0) is 23.6 Å². The number of thiophene rings is 1. The van der Waals surface area contributed by atoms with Crippen molar-refractivity contribution in [3.63, 3.8) is 0 Å². The molecule has 208 valence electrons. The van der Waals surface area contributed by atoms with Gasteiger partial charge < -0.3 is 23.9 Å². The molecule has 1 N–H and O–H groups in total.